The fraction of sp³-hybridized carbons (Fsp3) is 0.174. The Balaban J connectivity index is 1.59. The van der Waals surface area contributed by atoms with Crippen LogP contribution >= 0.6 is 11.8 Å². The molecule has 0 aliphatic carbocycles. The molecule has 1 heterocycles. The smallest absolute Gasteiger partial charge is 0.232 e. The Morgan fingerprint density at radius 2 is 1.31 bits per heavy atom. The number of para-hydroxylation sites is 2. The van der Waals surface area contributed by atoms with Crippen LogP contribution in [0.4, 0.5) is 11.4 Å². The van der Waals surface area contributed by atoms with E-state index in [-0.39, 0.29) is 5.91 Å². The van der Waals surface area contributed by atoms with Crippen molar-refractivity contribution in [3.05, 3.63) is 90.0 Å². The van der Waals surface area contributed by atoms with Crippen molar-refractivity contribution in [2.24, 2.45) is 0 Å². The first-order chi connectivity index (χ1) is 12.8. The maximum atomic E-state index is 13.2. The Labute approximate surface area is 158 Å². The summed E-state index contributed by atoms with van der Waals surface area (Å²) in [7, 11) is 0. The summed E-state index contributed by atoms with van der Waals surface area (Å²) < 4.78 is 0. The van der Waals surface area contributed by atoms with Crippen molar-refractivity contribution < 1.29 is 4.79 Å². The quantitative estimate of drug-likeness (QED) is 0.563. The van der Waals surface area contributed by atoms with Gasteiger partial charge in [0.15, 0.2) is 0 Å². The molecule has 0 spiro atoms. The first kappa shape index (κ1) is 16.9. The number of amides is 1. The molecule has 2 nitrogen and oxygen atoms in total. The lowest BCUT2D eigenvalue weighted by Crippen LogP contribution is -2.27. The fourth-order valence-electron chi connectivity index (χ4n) is 3.43. The first-order valence-corrected chi connectivity index (χ1v) is 9.98. The molecule has 3 aromatic carbocycles. The lowest BCUT2D eigenvalue weighted by Gasteiger charge is -2.25. The summed E-state index contributed by atoms with van der Waals surface area (Å²) in [6.07, 6.45) is 2.45. The first-order valence-electron chi connectivity index (χ1n) is 8.99. The summed E-state index contributed by atoms with van der Waals surface area (Å²) in [4.78, 5) is 16.3. The molecule has 0 bridgehead atoms. The second kappa shape index (κ2) is 7.79. The van der Waals surface area contributed by atoms with Crippen LogP contribution in [0.25, 0.3) is 0 Å². The number of fused-ring (bicyclic) bond motifs is 2. The van der Waals surface area contributed by atoms with Gasteiger partial charge in [-0.1, -0.05) is 54.6 Å². The number of benzene rings is 3. The SMILES string of the molecule is O=C(CCSc1ccccc1)N1c2ccccc2CCc2ccccc21. The number of hydrogen-bond donors (Lipinski definition) is 0. The van der Waals surface area contributed by atoms with Crippen molar-refractivity contribution in [2.45, 2.75) is 24.2 Å². The van der Waals surface area contributed by atoms with Crippen LogP contribution in [0.3, 0.4) is 0 Å². The summed E-state index contributed by atoms with van der Waals surface area (Å²) in [6.45, 7) is 0. The minimum atomic E-state index is 0.162. The maximum Gasteiger partial charge on any atom is 0.232 e. The van der Waals surface area contributed by atoms with Crippen LogP contribution in [0, 0.1) is 0 Å². The van der Waals surface area contributed by atoms with Crippen molar-refractivity contribution in [3.63, 3.8) is 0 Å². The number of rotatable bonds is 4. The number of thioether (sulfide) groups is 1. The standard InChI is InChI=1S/C23H21NOS/c25-23(16-17-26-20-10-2-1-3-11-20)24-21-12-6-4-8-18(21)14-15-19-9-5-7-13-22(19)24/h1-13H,14-17H2. The van der Waals surface area contributed by atoms with E-state index in [1.54, 1.807) is 11.8 Å². The molecule has 3 aromatic rings. The zero-order chi connectivity index (χ0) is 17.8. The fourth-order valence-corrected chi connectivity index (χ4v) is 4.30. The third-order valence-corrected chi connectivity index (χ3v) is 5.72. The molecule has 0 unspecified atom stereocenters. The number of carbonyl (C=O) groups is 1. The van der Waals surface area contributed by atoms with Gasteiger partial charge in [-0.3, -0.25) is 9.69 Å². The monoisotopic (exact) mass is 359 g/mol. The number of hydrogen-bond acceptors (Lipinski definition) is 2. The predicted octanol–water partition coefficient (Wildman–Crippen LogP) is 5.63. The van der Waals surface area contributed by atoms with Crippen molar-refractivity contribution >= 4 is 29.0 Å². The van der Waals surface area contributed by atoms with E-state index in [1.165, 1.54) is 16.0 Å². The number of anilines is 2. The molecule has 0 saturated heterocycles. The largest absolute Gasteiger partial charge is 0.280 e. The predicted molar refractivity (Wildman–Crippen MR) is 109 cm³/mol. The zero-order valence-corrected chi connectivity index (χ0v) is 15.4. The molecule has 1 amide bonds. The van der Waals surface area contributed by atoms with E-state index in [4.69, 9.17) is 0 Å². The van der Waals surface area contributed by atoms with Gasteiger partial charge >= 0.3 is 0 Å². The highest BCUT2D eigenvalue weighted by Gasteiger charge is 2.25. The van der Waals surface area contributed by atoms with Crippen LogP contribution in [0.5, 0.6) is 0 Å². The Kier molecular flexibility index (Phi) is 5.07. The van der Waals surface area contributed by atoms with Gasteiger partial charge in [-0.25, -0.2) is 0 Å². The number of aryl methyl sites for hydroxylation is 2. The van der Waals surface area contributed by atoms with E-state index in [2.05, 4.69) is 48.5 Å². The van der Waals surface area contributed by atoms with Crippen LogP contribution in [0.2, 0.25) is 0 Å². The summed E-state index contributed by atoms with van der Waals surface area (Å²) in [5, 5.41) is 0. The van der Waals surface area contributed by atoms with Crippen LogP contribution < -0.4 is 4.90 Å². The molecule has 0 N–H and O–H groups in total. The van der Waals surface area contributed by atoms with E-state index < -0.39 is 0 Å². The summed E-state index contributed by atoms with van der Waals surface area (Å²) in [6, 6.07) is 26.8. The molecule has 1 aliphatic rings. The zero-order valence-electron chi connectivity index (χ0n) is 14.6. The lowest BCUT2D eigenvalue weighted by atomic mass is 10.0. The molecule has 0 fully saturated rings. The molecule has 0 radical (unpaired) electrons. The molecule has 0 saturated carbocycles. The average Bonchev–Trinajstić information content (AvgIpc) is 2.85. The van der Waals surface area contributed by atoms with Crippen LogP contribution in [-0.4, -0.2) is 11.7 Å². The second-order valence-electron chi connectivity index (χ2n) is 6.40. The van der Waals surface area contributed by atoms with Gasteiger partial charge in [0, 0.05) is 17.1 Å². The van der Waals surface area contributed by atoms with Crippen LogP contribution in [0.15, 0.2) is 83.8 Å². The molecule has 0 aromatic heterocycles. The lowest BCUT2D eigenvalue weighted by molar-refractivity contribution is -0.117. The van der Waals surface area contributed by atoms with Gasteiger partial charge in [0.2, 0.25) is 5.91 Å². The van der Waals surface area contributed by atoms with Gasteiger partial charge in [-0.05, 0) is 48.2 Å². The molecule has 26 heavy (non-hydrogen) atoms. The molecule has 130 valence electrons. The summed E-state index contributed by atoms with van der Waals surface area (Å²) >= 11 is 1.73. The Morgan fingerprint density at radius 3 is 1.92 bits per heavy atom. The van der Waals surface area contributed by atoms with Gasteiger partial charge in [0.05, 0.1) is 11.4 Å². The van der Waals surface area contributed by atoms with Gasteiger partial charge in [0.25, 0.3) is 0 Å². The van der Waals surface area contributed by atoms with Gasteiger partial charge < -0.3 is 0 Å². The molecule has 0 atom stereocenters. The van der Waals surface area contributed by atoms with Gasteiger partial charge in [-0.15, -0.1) is 11.8 Å². The van der Waals surface area contributed by atoms with Crippen molar-refractivity contribution in [3.8, 4) is 0 Å². The Bertz CT molecular complexity index is 859. The topological polar surface area (TPSA) is 20.3 Å². The van der Waals surface area contributed by atoms with Crippen molar-refractivity contribution in [1.29, 1.82) is 0 Å². The molecule has 4 rings (SSSR count). The molecule has 1 aliphatic heterocycles. The van der Waals surface area contributed by atoms with Crippen LogP contribution in [-0.2, 0) is 17.6 Å². The molecular weight excluding hydrogens is 338 g/mol. The second-order valence-corrected chi connectivity index (χ2v) is 7.57. The minimum Gasteiger partial charge on any atom is -0.280 e. The van der Waals surface area contributed by atoms with E-state index in [1.807, 2.05) is 35.2 Å². The normalized spacial score (nSPS) is 12.8. The van der Waals surface area contributed by atoms with E-state index >= 15 is 0 Å². The van der Waals surface area contributed by atoms with Crippen LogP contribution in [0.1, 0.15) is 17.5 Å². The Hall–Kier alpha value is -2.52. The minimum absolute atomic E-state index is 0.162. The molecule has 3 heteroatoms. The van der Waals surface area contributed by atoms with Crippen molar-refractivity contribution in [1.82, 2.24) is 0 Å². The molecular formula is C23H21NOS. The highest BCUT2D eigenvalue weighted by Crippen LogP contribution is 2.36. The highest BCUT2D eigenvalue weighted by molar-refractivity contribution is 7.99. The third kappa shape index (κ3) is 3.54. The third-order valence-electron chi connectivity index (χ3n) is 4.71. The van der Waals surface area contributed by atoms with Gasteiger partial charge in [0.1, 0.15) is 0 Å². The van der Waals surface area contributed by atoms with E-state index in [0.717, 1.165) is 30.0 Å². The average molecular weight is 359 g/mol. The van der Waals surface area contributed by atoms with E-state index in [9.17, 15) is 4.79 Å². The van der Waals surface area contributed by atoms with E-state index in [0.29, 0.717) is 6.42 Å². The van der Waals surface area contributed by atoms with Crippen molar-refractivity contribution in [2.75, 3.05) is 10.7 Å². The number of carbonyl (C=O) groups excluding carboxylic acids is 1. The summed E-state index contributed by atoms with van der Waals surface area (Å²) in [5.41, 5.74) is 4.56. The summed E-state index contributed by atoms with van der Waals surface area (Å²) in [5.74, 6) is 0.944. The number of nitrogens with zero attached hydrogens (tertiary/aromatic N) is 1. The maximum absolute atomic E-state index is 13.2. The Morgan fingerprint density at radius 1 is 0.769 bits per heavy atom. The highest BCUT2D eigenvalue weighted by atomic mass is 32.2. The van der Waals surface area contributed by atoms with Gasteiger partial charge in [-0.2, -0.15) is 0 Å².